The fourth-order valence-corrected chi connectivity index (χ4v) is 2.58. The van der Waals surface area contributed by atoms with Gasteiger partial charge in [0, 0.05) is 6.04 Å². The van der Waals surface area contributed by atoms with Crippen molar-refractivity contribution in [3.8, 4) is 5.75 Å². The SMILES string of the molecule is CNC1CCc2c(OCc3nnn(C)n3)cccc21. The van der Waals surface area contributed by atoms with Crippen molar-refractivity contribution in [3.63, 3.8) is 0 Å². The van der Waals surface area contributed by atoms with Gasteiger partial charge in [-0.15, -0.1) is 10.2 Å². The Labute approximate surface area is 111 Å². The van der Waals surface area contributed by atoms with Crippen molar-refractivity contribution in [1.29, 1.82) is 0 Å². The molecule has 1 aromatic heterocycles. The van der Waals surface area contributed by atoms with Gasteiger partial charge in [-0.05, 0) is 42.3 Å². The molecule has 1 atom stereocenters. The third-order valence-corrected chi connectivity index (χ3v) is 3.48. The Morgan fingerprint density at radius 3 is 3.11 bits per heavy atom. The number of nitrogens with one attached hydrogen (secondary N) is 1. The van der Waals surface area contributed by atoms with E-state index in [-0.39, 0.29) is 0 Å². The van der Waals surface area contributed by atoms with Crippen LogP contribution < -0.4 is 10.1 Å². The van der Waals surface area contributed by atoms with Crippen LogP contribution in [-0.2, 0) is 20.1 Å². The maximum absolute atomic E-state index is 5.83. The van der Waals surface area contributed by atoms with Crippen molar-refractivity contribution in [3.05, 3.63) is 35.2 Å². The lowest BCUT2D eigenvalue weighted by Gasteiger charge is -2.12. The summed E-state index contributed by atoms with van der Waals surface area (Å²) in [7, 11) is 3.74. The summed E-state index contributed by atoms with van der Waals surface area (Å²) < 4.78 is 5.83. The number of tetrazole rings is 1. The van der Waals surface area contributed by atoms with Crippen molar-refractivity contribution >= 4 is 0 Å². The van der Waals surface area contributed by atoms with Gasteiger partial charge in [0.1, 0.15) is 5.75 Å². The van der Waals surface area contributed by atoms with Crippen molar-refractivity contribution in [2.45, 2.75) is 25.5 Å². The van der Waals surface area contributed by atoms with Crippen LogP contribution in [0.25, 0.3) is 0 Å². The first-order valence-electron chi connectivity index (χ1n) is 6.42. The Hall–Kier alpha value is -1.95. The summed E-state index contributed by atoms with van der Waals surface area (Å²) in [6.07, 6.45) is 2.17. The minimum atomic E-state index is 0.356. The maximum Gasteiger partial charge on any atom is 0.212 e. The predicted molar refractivity (Wildman–Crippen MR) is 69.7 cm³/mol. The number of nitrogens with zero attached hydrogens (tertiary/aromatic N) is 4. The summed E-state index contributed by atoms with van der Waals surface area (Å²) in [4.78, 5) is 1.44. The van der Waals surface area contributed by atoms with E-state index < -0.39 is 0 Å². The molecular weight excluding hydrogens is 242 g/mol. The largest absolute Gasteiger partial charge is 0.485 e. The first kappa shape index (κ1) is 12.1. The van der Waals surface area contributed by atoms with Crippen LogP contribution in [0.15, 0.2) is 18.2 Å². The molecule has 6 nitrogen and oxygen atoms in total. The second kappa shape index (κ2) is 4.97. The van der Waals surface area contributed by atoms with Crippen LogP contribution in [0.4, 0.5) is 0 Å². The molecule has 1 aliphatic rings. The van der Waals surface area contributed by atoms with E-state index in [4.69, 9.17) is 4.74 Å². The van der Waals surface area contributed by atoms with E-state index in [1.807, 2.05) is 19.2 Å². The standard InChI is InChI=1S/C13H17N5O/c1-14-11-7-6-10-9(11)4-3-5-12(10)19-8-13-15-17-18(2)16-13/h3-5,11,14H,6-8H2,1-2H3. The van der Waals surface area contributed by atoms with Gasteiger partial charge in [0.15, 0.2) is 6.61 Å². The van der Waals surface area contributed by atoms with Crippen LogP contribution in [0.5, 0.6) is 5.75 Å². The molecule has 0 aliphatic heterocycles. The highest BCUT2D eigenvalue weighted by molar-refractivity contribution is 5.45. The molecule has 100 valence electrons. The number of aromatic nitrogens is 4. The first-order valence-corrected chi connectivity index (χ1v) is 6.42. The van der Waals surface area contributed by atoms with E-state index >= 15 is 0 Å². The second-order valence-corrected chi connectivity index (χ2v) is 4.69. The van der Waals surface area contributed by atoms with Gasteiger partial charge in [-0.1, -0.05) is 12.1 Å². The smallest absolute Gasteiger partial charge is 0.212 e. The second-order valence-electron chi connectivity index (χ2n) is 4.69. The van der Waals surface area contributed by atoms with Gasteiger partial charge >= 0.3 is 0 Å². The van der Waals surface area contributed by atoms with Crippen LogP contribution in [0.1, 0.15) is 29.4 Å². The number of hydrogen-bond donors (Lipinski definition) is 1. The summed E-state index contributed by atoms with van der Waals surface area (Å²) in [6.45, 7) is 0.356. The summed E-state index contributed by atoms with van der Waals surface area (Å²) in [5, 5.41) is 15.2. The van der Waals surface area contributed by atoms with E-state index in [0.29, 0.717) is 18.5 Å². The Kier molecular flexibility index (Phi) is 3.16. The highest BCUT2D eigenvalue weighted by atomic mass is 16.5. The number of ether oxygens (including phenoxy) is 1. The van der Waals surface area contributed by atoms with E-state index in [0.717, 1.165) is 18.6 Å². The van der Waals surface area contributed by atoms with Crippen LogP contribution in [-0.4, -0.2) is 27.3 Å². The van der Waals surface area contributed by atoms with Gasteiger partial charge in [0.25, 0.3) is 0 Å². The van der Waals surface area contributed by atoms with Gasteiger partial charge in [-0.3, -0.25) is 0 Å². The van der Waals surface area contributed by atoms with Crippen LogP contribution in [0.2, 0.25) is 0 Å². The molecule has 19 heavy (non-hydrogen) atoms. The number of aryl methyl sites for hydroxylation is 1. The molecule has 1 heterocycles. The molecule has 1 aromatic carbocycles. The number of rotatable bonds is 4. The Balaban J connectivity index is 1.77. The molecule has 6 heteroatoms. The number of benzene rings is 1. The fraction of sp³-hybridized carbons (Fsp3) is 0.462. The van der Waals surface area contributed by atoms with Gasteiger partial charge in [-0.25, -0.2) is 0 Å². The van der Waals surface area contributed by atoms with Crippen molar-refractivity contribution in [2.24, 2.45) is 7.05 Å². The summed E-state index contributed by atoms with van der Waals surface area (Å²) in [5.41, 5.74) is 2.64. The molecule has 2 aromatic rings. The zero-order valence-electron chi connectivity index (χ0n) is 11.1. The Bertz CT molecular complexity index is 580. The zero-order chi connectivity index (χ0) is 13.2. The molecule has 0 spiro atoms. The van der Waals surface area contributed by atoms with Crippen LogP contribution in [0, 0.1) is 0 Å². The molecular formula is C13H17N5O. The average Bonchev–Trinajstić information content (AvgIpc) is 3.02. The molecule has 0 saturated heterocycles. The molecule has 0 fully saturated rings. The Morgan fingerprint density at radius 1 is 1.47 bits per heavy atom. The first-order chi connectivity index (χ1) is 9.28. The van der Waals surface area contributed by atoms with E-state index in [2.05, 4.69) is 26.8 Å². The predicted octanol–water partition coefficient (Wildman–Crippen LogP) is 0.996. The lowest BCUT2D eigenvalue weighted by molar-refractivity contribution is 0.292. The van der Waals surface area contributed by atoms with Gasteiger partial charge in [0.05, 0.1) is 7.05 Å². The molecule has 0 amide bonds. The zero-order valence-corrected chi connectivity index (χ0v) is 11.1. The molecule has 1 N–H and O–H groups in total. The normalized spacial score (nSPS) is 17.5. The van der Waals surface area contributed by atoms with Crippen LogP contribution >= 0.6 is 0 Å². The average molecular weight is 259 g/mol. The minimum Gasteiger partial charge on any atom is -0.485 e. The molecule has 1 aliphatic carbocycles. The maximum atomic E-state index is 5.83. The fourth-order valence-electron chi connectivity index (χ4n) is 2.58. The highest BCUT2D eigenvalue weighted by Gasteiger charge is 2.23. The molecule has 1 unspecified atom stereocenters. The minimum absolute atomic E-state index is 0.356. The van der Waals surface area contributed by atoms with Gasteiger partial charge < -0.3 is 10.1 Å². The van der Waals surface area contributed by atoms with E-state index in [1.54, 1.807) is 7.05 Å². The third-order valence-electron chi connectivity index (χ3n) is 3.48. The van der Waals surface area contributed by atoms with E-state index in [9.17, 15) is 0 Å². The van der Waals surface area contributed by atoms with Gasteiger partial charge in [-0.2, -0.15) is 4.80 Å². The molecule has 0 bridgehead atoms. The van der Waals surface area contributed by atoms with Crippen molar-refractivity contribution in [1.82, 2.24) is 25.5 Å². The highest BCUT2D eigenvalue weighted by Crippen LogP contribution is 2.36. The van der Waals surface area contributed by atoms with Crippen molar-refractivity contribution in [2.75, 3.05) is 7.05 Å². The monoisotopic (exact) mass is 259 g/mol. The van der Waals surface area contributed by atoms with E-state index in [1.165, 1.54) is 15.9 Å². The van der Waals surface area contributed by atoms with Crippen molar-refractivity contribution < 1.29 is 4.74 Å². The summed E-state index contributed by atoms with van der Waals surface area (Å²) in [5.74, 6) is 1.53. The quantitative estimate of drug-likeness (QED) is 0.887. The number of hydrogen-bond acceptors (Lipinski definition) is 5. The molecule has 0 radical (unpaired) electrons. The Morgan fingerprint density at radius 2 is 2.37 bits per heavy atom. The lowest BCUT2D eigenvalue weighted by Crippen LogP contribution is -2.12. The lowest BCUT2D eigenvalue weighted by atomic mass is 10.1. The molecule has 3 rings (SSSR count). The van der Waals surface area contributed by atoms with Gasteiger partial charge in [0.2, 0.25) is 5.82 Å². The topological polar surface area (TPSA) is 64.9 Å². The number of fused-ring (bicyclic) bond motifs is 1. The third kappa shape index (κ3) is 2.31. The molecule has 0 saturated carbocycles. The summed E-state index contributed by atoms with van der Waals surface area (Å²) in [6, 6.07) is 6.64. The van der Waals surface area contributed by atoms with Crippen LogP contribution in [0.3, 0.4) is 0 Å². The summed E-state index contributed by atoms with van der Waals surface area (Å²) >= 11 is 0.